The zero-order valence-corrected chi connectivity index (χ0v) is 17.2. The number of para-hydroxylation sites is 1. The van der Waals surface area contributed by atoms with Crippen molar-refractivity contribution in [1.29, 1.82) is 0 Å². The second-order valence-corrected chi connectivity index (χ2v) is 7.12. The van der Waals surface area contributed by atoms with Crippen LogP contribution in [0.3, 0.4) is 0 Å². The highest BCUT2D eigenvalue weighted by molar-refractivity contribution is 5.97. The number of fused-ring (bicyclic) bond motifs is 1. The summed E-state index contributed by atoms with van der Waals surface area (Å²) in [5.74, 6) is 0.945. The van der Waals surface area contributed by atoms with Crippen molar-refractivity contribution in [2.75, 3.05) is 43.5 Å². The fraction of sp³-hybridized carbons (Fsp3) is 0.435. The number of nitrogens with zero attached hydrogens (tertiary/aromatic N) is 2. The van der Waals surface area contributed by atoms with Crippen LogP contribution in [0, 0.1) is 0 Å². The van der Waals surface area contributed by atoms with Crippen molar-refractivity contribution < 1.29 is 9.53 Å². The summed E-state index contributed by atoms with van der Waals surface area (Å²) in [6.07, 6.45) is 1.96. The van der Waals surface area contributed by atoms with Crippen molar-refractivity contribution in [2.45, 2.75) is 33.2 Å². The molecule has 0 fully saturated rings. The molecule has 150 valence electrons. The molecule has 28 heavy (non-hydrogen) atoms. The predicted octanol–water partition coefficient (Wildman–Crippen LogP) is 3.93. The van der Waals surface area contributed by atoms with E-state index in [9.17, 15) is 4.79 Å². The number of hydrogen-bond acceptors (Lipinski definition) is 4. The molecule has 5 heteroatoms. The highest BCUT2D eigenvalue weighted by Crippen LogP contribution is 2.30. The minimum Gasteiger partial charge on any atom is -0.497 e. The van der Waals surface area contributed by atoms with E-state index in [4.69, 9.17) is 4.74 Å². The summed E-state index contributed by atoms with van der Waals surface area (Å²) < 4.78 is 5.32. The van der Waals surface area contributed by atoms with Crippen LogP contribution < -0.4 is 15.0 Å². The standard InChI is InChI=1S/C23H31N3O2/c1-4-25(5-2)17-19-9-6-7-11-21(19)24-16-23(27)26-14-8-10-18-15-20(28-3)12-13-22(18)26/h6-7,9,11-13,15,24H,4-5,8,10,14,16-17H2,1-3H3. The summed E-state index contributed by atoms with van der Waals surface area (Å²) in [5.41, 5.74) is 4.45. The second kappa shape index (κ2) is 9.60. The molecule has 0 unspecified atom stereocenters. The molecule has 0 aliphatic carbocycles. The van der Waals surface area contributed by atoms with Gasteiger partial charge in [-0.2, -0.15) is 0 Å². The van der Waals surface area contributed by atoms with E-state index in [1.165, 1.54) is 11.1 Å². The summed E-state index contributed by atoms with van der Waals surface area (Å²) >= 11 is 0. The van der Waals surface area contributed by atoms with Crippen molar-refractivity contribution in [3.8, 4) is 5.75 Å². The minimum absolute atomic E-state index is 0.101. The quantitative estimate of drug-likeness (QED) is 0.753. The lowest BCUT2D eigenvalue weighted by molar-refractivity contribution is -0.117. The fourth-order valence-corrected chi connectivity index (χ4v) is 3.74. The molecule has 2 aromatic carbocycles. The van der Waals surface area contributed by atoms with E-state index >= 15 is 0 Å². The number of methoxy groups -OCH3 is 1. The van der Waals surface area contributed by atoms with Crippen molar-refractivity contribution in [2.24, 2.45) is 0 Å². The summed E-state index contributed by atoms with van der Waals surface area (Å²) in [6, 6.07) is 14.2. The molecule has 1 N–H and O–H groups in total. The molecule has 3 rings (SSSR count). The van der Waals surface area contributed by atoms with E-state index in [1.807, 2.05) is 29.2 Å². The van der Waals surface area contributed by atoms with Gasteiger partial charge in [0.2, 0.25) is 5.91 Å². The topological polar surface area (TPSA) is 44.8 Å². The Hall–Kier alpha value is -2.53. The number of aryl methyl sites for hydroxylation is 1. The molecule has 0 bridgehead atoms. The van der Waals surface area contributed by atoms with Crippen LogP contribution in [-0.4, -0.2) is 44.1 Å². The van der Waals surface area contributed by atoms with Gasteiger partial charge in [-0.1, -0.05) is 32.0 Å². The number of anilines is 2. The van der Waals surface area contributed by atoms with Crippen LogP contribution in [0.1, 0.15) is 31.4 Å². The monoisotopic (exact) mass is 381 g/mol. The first-order chi connectivity index (χ1) is 13.7. The number of rotatable bonds is 8. The van der Waals surface area contributed by atoms with Gasteiger partial charge in [0.05, 0.1) is 13.7 Å². The first kappa shape index (κ1) is 20.2. The average Bonchev–Trinajstić information content (AvgIpc) is 2.75. The summed E-state index contributed by atoms with van der Waals surface area (Å²) in [4.78, 5) is 17.2. The van der Waals surface area contributed by atoms with E-state index in [1.54, 1.807) is 7.11 Å². The highest BCUT2D eigenvalue weighted by atomic mass is 16.5. The maximum Gasteiger partial charge on any atom is 0.246 e. The molecule has 0 radical (unpaired) electrons. The number of hydrogen-bond donors (Lipinski definition) is 1. The molecule has 0 aromatic heterocycles. The van der Waals surface area contributed by atoms with E-state index in [0.717, 1.165) is 56.1 Å². The third kappa shape index (κ3) is 4.65. The summed E-state index contributed by atoms with van der Waals surface area (Å²) in [5, 5.41) is 3.37. The number of benzene rings is 2. The largest absolute Gasteiger partial charge is 0.497 e. The van der Waals surface area contributed by atoms with Crippen LogP contribution in [0.2, 0.25) is 0 Å². The van der Waals surface area contributed by atoms with E-state index in [2.05, 4.69) is 42.3 Å². The molecule has 0 spiro atoms. The number of nitrogens with one attached hydrogen (secondary N) is 1. The van der Waals surface area contributed by atoms with E-state index < -0.39 is 0 Å². The van der Waals surface area contributed by atoms with Gasteiger partial charge in [0.1, 0.15) is 5.75 Å². The lowest BCUT2D eigenvalue weighted by Crippen LogP contribution is -2.39. The molecular formula is C23H31N3O2. The lowest BCUT2D eigenvalue weighted by atomic mass is 10.0. The van der Waals surface area contributed by atoms with Crippen molar-refractivity contribution in [3.05, 3.63) is 53.6 Å². The number of carbonyl (C=O) groups excluding carboxylic acids is 1. The Kier molecular flexibility index (Phi) is 6.93. The van der Waals surface area contributed by atoms with Gasteiger partial charge in [-0.15, -0.1) is 0 Å². The van der Waals surface area contributed by atoms with Gasteiger partial charge < -0.3 is 15.0 Å². The molecule has 1 aliphatic heterocycles. The third-order valence-corrected chi connectivity index (χ3v) is 5.44. The van der Waals surface area contributed by atoms with Crippen LogP contribution in [0.4, 0.5) is 11.4 Å². The smallest absolute Gasteiger partial charge is 0.246 e. The van der Waals surface area contributed by atoms with Crippen LogP contribution in [0.25, 0.3) is 0 Å². The van der Waals surface area contributed by atoms with E-state index in [0.29, 0.717) is 6.54 Å². The van der Waals surface area contributed by atoms with Crippen molar-refractivity contribution in [1.82, 2.24) is 4.90 Å². The fourth-order valence-electron chi connectivity index (χ4n) is 3.74. The summed E-state index contributed by atoms with van der Waals surface area (Å²) in [7, 11) is 1.67. The second-order valence-electron chi connectivity index (χ2n) is 7.12. The van der Waals surface area contributed by atoms with Gasteiger partial charge in [-0.3, -0.25) is 9.69 Å². The molecule has 2 aromatic rings. The third-order valence-electron chi connectivity index (χ3n) is 5.44. The molecule has 1 heterocycles. The highest BCUT2D eigenvalue weighted by Gasteiger charge is 2.22. The van der Waals surface area contributed by atoms with Crippen LogP contribution in [0.15, 0.2) is 42.5 Å². The molecule has 1 amide bonds. The number of ether oxygens (including phenoxy) is 1. The Morgan fingerprint density at radius 1 is 1.18 bits per heavy atom. The molecule has 0 saturated heterocycles. The Labute approximate surface area is 168 Å². The predicted molar refractivity (Wildman–Crippen MR) is 115 cm³/mol. The maximum absolute atomic E-state index is 13.0. The van der Waals surface area contributed by atoms with Gasteiger partial charge in [-0.25, -0.2) is 0 Å². The molecule has 5 nitrogen and oxygen atoms in total. The SMILES string of the molecule is CCN(CC)Cc1ccccc1NCC(=O)N1CCCc2cc(OC)ccc21. The van der Waals surface area contributed by atoms with E-state index in [-0.39, 0.29) is 5.91 Å². The minimum atomic E-state index is 0.101. The zero-order valence-electron chi connectivity index (χ0n) is 17.2. The molecule has 1 aliphatic rings. The Bertz CT molecular complexity index is 802. The van der Waals surface area contributed by atoms with Crippen molar-refractivity contribution in [3.63, 3.8) is 0 Å². The van der Waals surface area contributed by atoms with Gasteiger partial charge in [-0.05, 0) is 61.3 Å². The normalized spacial score (nSPS) is 13.4. The van der Waals surface area contributed by atoms with Gasteiger partial charge in [0.25, 0.3) is 0 Å². The molecule has 0 atom stereocenters. The van der Waals surface area contributed by atoms with Crippen molar-refractivity contribution >= 4 is 17.3 Å². The number of carbonyl (C=O) groups is 1. The maximum atomic E-state index is 13.0. The summed E-state index contributed by atoms with van der Waals surface area (Å²) in [6.45, 7) is 8.31. The zero-order chi connectivity index (χ0) is 19.9. The first-order valence-corrected chi connectivity index (χ1v) is 10.2. The Balaban J connectivity index is 1.69. The van der Waals surface area contributed by atoms with Crippen LogP contribution in [0.5, 0.6) is 5.75 Å². The lowest BCUT2D eigenvalue weighted by Gasteiger charge is -2.30. The Morgan fingerprint density at radius 3 is 2.71 bits per heavy atom. The Morgan fingerprint density at radius 2 is 1.96 bits per heavy atom. The molecule has 0 saturated carbocycles. The average molecular weight is 382 g/mol. The number of amides is 1. The van der Waals surface area contributed by atoms with Crippen LogP contribution in [-0.2, 0) is 17.8 Å². The van der Waals surface area contributed by atoms with Crippen LogP contribution >= 0.6 is 0 Å². The van der Waals surface area contributed by atoms with Gasteiger partial charge >= 0.3 is 0 Å². The van der Waals surface area contributed by atoms with Gasteiger partial charge in [0, 0.05) is 24.5 Å². The van der Waals surface area contributed by atoms with Gasteiger partial charge in [0.15, 0.2) is 0 Å². The molecular weight excluding hydrogens is 350 g/mol. The first-order valence-electron chi connectivity index (χ1n) is 10.2.